The predicted molar refractivity (Wildman–Crippen MR) is 140 cm³/mol. The van der Waals surface area contributed by atoms with Crippen molar-refractivity contribution in [3.63, 3.8) is 0 Å². The van der Waals surface area contributed by atoms with Crippen molar-refractivity contribution < 1.29 is 19.1 Å². The highest BCUT2D eigenvalue weighted by atomic mass is 35.5. The van der Waals surface area contributed by atoms with Crippen molar-refractivity contribution in [2.75, 3.05) is 19.5 Å². The molecule has 0 saturated carbocycles. The van der Waals surface area contributed by atoms with Crippen LogP contribution in [0, 0.1) is 0 Å². The molecule has 0 fully saturated rings. The first kappa shape index (κ1) is 25.1. The van der Waals surface area contributed by atoms with Crippen LogP contribution in [-0.2, 0) is 11.2 Å². The van der Waals surface area contributed by atoms with Gasteiger partial charge in [0.05, 0.1) is 36.2 Å². The van der Waals surface area contributed by atoms with Crippen molar-refractivity contribution in [1.29, 1.82) is 0 Å². The van der Waals surface area contributed by atoms with Gasteiger partial charge >= 0.3 is 0 Å². The Kier molecular flexibility index (Phi) is 7.77. The molecule has 0 aliphatic carbocycles. The molecule has 10 heteroatoms. The van der Waals surface area contributed by atoms with E-state index in [0.29, 0.717) is 32.7 Å². The number of carbonyl (C=O) groups is 2. The number of pyridine rings is 1. The summed E-state index contributed by atoms with van der Waals surface area (Å²) in [5.74, 6) is 0.293. The summed E-state index contributed by atoms with van der Waals surface area (Å²) < 4.78 is 10.8. The largest absolute Gasteiger partial charge is 0.493 e. The van der Waals surface area contributed by atoms with Gasteiger partial charge in [-0.05, 0) is 48.0 Å². The molecule has 0 aliphatic rings. The Morgan fingerprint density at radius 2 is 1.64 bits per heavy atom. The van der Waals surface area contributed by atoms with Gasteiger partial charge < -0.3 is 14.8 Å². The van der Waals surface area contributed by atoms with Crippen LogP contribution in [0.2, 0.25) is 10.0 Å². The maximum atomic E-state index is 12.5. The number of amides is 2. The zero-order chi connectivity index (χ0) is 25.7. The predicted octanol–water partition coefficient (Wildman–Crippen LogP) is 5.31. The Bertz CT molecular complexity index is 1430. The van der Waals surface area contributed by atoms with E-state index in [2.05, 4.69) is 21.2 Å². The molecule has 0 aliphatic heterocycles. The van der Waals surface area contributed by atoms with E-state index in [0.717, 1.165) is 22.3 Å². The van der Waals surface area contributed by atoms with Crippen LogP contribution >= 0.6 is 23.2 Å². The average Bonchev–Trinajstić information content (AvgIpc) is 2.89. The van der Waals surface area contributed by atoms with Crippen LogP contribution in [0.1, 0.15) is 15.9 Å². The molecule has 3 aromatic carbocycles. The first-order valence-electron chi connectivity index (χ1n) is 10.8. The van der Waals surface area contributed by atoms with Gasteiger partial charge in [0.1, 0.15) is 0 Å². The lowest BCUT2D eigenvalue weighted by Crippen LogP contribution is -2.42. The summed E-state index contributed by atoms with van der Waals surface area (Å²) in [6.07, 6.45) is 1.66. The summed E-state index contributed by atoms with van der Waals surface area (Å²) in [5, 5.41) is 4.84. The SMILES string of the molecule is COc1cc2nccc(Nc3ccc(C(=O)NNC(=O)Cc4cccc(Cl)c4Cl)cc3)c2cc1OC. The molecule has 0 radical (unpaired) electrons. The van der Waals surface area contributed by atoms with Crippen molar-refractivity contribution in [3.05, 3.63) is 88.0 Å². The summed E-state index contributed by atoms with van der Waals surface area (Å²) in [5.41, 5.74) is 8.02. The lowest BCUT2D eigenvalue weighted by Gasteiger charge is -2.13. The zero-order valence-corrected chi connectivity index (χ0v) is 20.9. The minimum absolute atomic E-state index is 0.0287. The number of rotatable bonds is 7. The van der Waals surface area contributed by atoms with Gasteiger partial charge in [0.15, 0.2) is 11.5 Å². The Labute approximate surface area is 217 Å². The second-order valence-corrected chi connectivity index (χ2v) is 8.46. The number of benzene rings is 3. The summed E-state index contributed by atoms with van der Waals surface area (Å²) in [6.45, 7) is 0. The van der Waals surface area contributed by atoms with Crippen LogP contribution < -0.4 is 25.6 Å². The first-order chi connectivity index (χ1) is 17.4. The van der Waals surface area contributed by atoms with E-state index in [4.69, 9.17) is 32.7 Å². The number of methoxy groups -OCH3 is 2. The first-order valence-corrected chi connectivity index (χ1v) is 11.5. The third-order valence-corrected chi connectivity index (χ3v) is 6.23. The Morgan fingerprint density at radius 1 is 0.917 bits per heavy atom. The Hall–Kier alpha value is -4.01. The highest BCUT2D eigenvalue weighted by molar-refractivity contribution is 6.42. The molecule has 0 saturated heterocycles. The molecule has 36 heavy (non-hydrogen) atoms. The summed E-state index contributed by atoms with van der Waals surface area (Å²) in [4.78, 5) is 29.1. The maximum absolute atomic E-state index is 12.5. The number of hydrogen-bond acceptors (Lipinski definition) is 6. The number of aromatic nitrogens is 1. The van der Waals surface area contributed by atoms with Gasteiger partial charge in [0, 0.05) is 34.6 Å². The van der Waals surface area contributed by atoms with E-state index < -0.39 is 11.8 Å². The van der Waals surface area contributed by atoms with Gasteiger partial charge in [-0.25, -0.2) is 0 Å². The van der Waals surface area contributed by atoms with Crippen molar-refractivity contribution >= 4 is 57.3 Å². The minimum Gasteiger partial charge on any atom is -0.493 e. The molecule has 2 amide bonds. The molecule has 8 nitrogen and oxygen atoms in total. The van der Waals surface area contributed by atoms with E-state index in [1.54, 1.807) is 68.9 Å². The monoisotopic (exact) mass is 524 g/mol. The molecule has 1 heterocycles. The molecule has 4 aromatic rings. The lowest BCUT2D eigenvalue weighted by atomic mass is 10.1. The minimum atomic E-state index is -0.460. The van der Waals surface area contributed by atoms with Crippen LogP contribution in [-0.4, -0.2) is 31.0 Å². The van der Waals surface area contributed by atoms with Crippen LogP contribution in [0.25, 0.3) is 10.9 Å². The Balaban J connectivity index is 1.40. The van der Waals surface area contributed by atoms with E-state index in [1.807, 2.05) is 12.1 Å². The molecular formula is C26H22Cl2N4O4. The molecule has 0 atom stereocenters. The number of nitrogens with one attached hydrogen (secondary N) is 3. The van der Waals surface area contributed by atoms with Gasteiger partial charge in [-0.1, -0.05) is 35.3 Å². The number of anilines is 2. The number of ether oxygens (including phenoxy) is 2. The number of nitrogens with zero attached hydrogens (tertiary/aromatic N) is 1. The molecule has 0 unspecified atom stereocenters. The number of halogens is 2. The summed E-state index contributed by atoms with van der Waals surface area (Å²) >= 11 is 12.1. The molecule has 0 spiro atoms. The van der Waals surface area contributed by atoms with Crippen molar-refractivity contribution in [2.24, 2.45) is 0 Å². The van der Waals surface area contributed by atoms with E-state index in [9.17, 15) is 9.59 Å². The van der Waals surface area contributed by atoms with Crippen molar-refractivity contribution in [1.82, 2.24) is 15.8 Å². The fourth-order valence-electron chi connectivity index (χ4n) is 3.54. The van der Waals surface area contributed by atoms with Gasteiger partial charge in [0.25, 0.3) is 5.91 Å². The van der Waals surface area contributed by atoms with Crippen molar-refractivity contribution in [3.8, 4) is 11.5 Å². The third kappa shape index (κ3) is 5.62. The standard InChI is InChI=1S/C26H22Cl2N4O4/c1-35-22-13-18-20(10-11-29-21(18)14-23(22)36-2)30-17-8-6-15(7-9-17)26(34)32-31-24(33)12-16-4-3-5-19(27)25(16)28/h3-11,13-14H,12H2,1-2H3,(H,29,30)(H,31,33)(H,32,34). The number of hydrogen-bond donors (Lipinski definition) is 3. The van der Waals surface area contributed by atoms with Crippen LogP contribution in [0.5, 0.6) is 11.5 Å². The maximum Gasteiger partial charge on any atom is 0.269 e. The topological polar surface area (TPSA) is 102 Å². The third-order valence-electron chi connectivity index (χ3n) is 5.37. The molecular weight excluding hydrogens is 503 g/mol. The van der Waals surface area contributed by atoms with E-state index >= 15 is 0 Å². The summed E-state index contributed by atoms with van der Waals surface area (Å²) in [7, 11) is 3.15. The summed E-state index contributed by atoms with van der Waals surface area (Å²) in [6, 6.07) is 17.3. The zero-order valence-electron chi connectivity index (χ0n) is 19.4. The van der Waals surface area contributed by atoms with Crippen molar-refractivity contribution in [2.45, 2.75) is 6.42 Å². The fraction of sp³-hybridized carbons (Fsp3) is 0.115. The van der Waals surface area contributed by atoms with Gasteiger partial charge in [-0.15, -0.1) is 0 Å². The second-order valence-electron chi connectivity index (χ2n) is 7.68. The molecule has 0 bridgehead atoms. The number of fused-ring (bicyclic) bond motifs is 1. The molecule has 4 rings (SSSR count). The highest BCUT2D eigenvalue weighted by Gasteiger charge is 2.13. The van der Waals surface area contributed by atoms with Crippen LogP contribution in [0.3, 0.4) is 0 Å². The van der Waals surface area contributed by atoms with Crippen LogP contribution in [0.4, 0.5) is 11.4 Å². The number of carbonyl (C=O) groups excluding carboxylic acids is 2. The molecule has 3 N–H and O–H groups in total. The fourth-order valence-corrected chi connectivity index (χ4v) is 3.93. The number of hydrazine groups is 1. The smallest absolute Gasteiger partial charge is 0.269 e. The normalized spacial score (nSPS) is 10.6. The molecule has 184 valence electrons. The Morgan fingerprint density at radius 3 is 2.36 bits per heavy atom. The van der Waals surface area contributed by atoms with E-state index in [-0.39, 0.29) is 6.42 Å². The second kappa shape index (κ2) is 11.2. The lowest BCUT2D eigenvalue weighted by molar-refractivity contribution is -0.121. The molecule has 1 aromatic heterocycles. The van der Waals surface area contributed by atoms with Gasteiger partial charge in [-0.2, -0.15) is 0 Å². The van der Waals surface area contributed by atoms with E-state index in [1.165, 1.54) is 0 Å². The van der Waals surface area contributed by atoms with Gasteiger partial charge in [-0.3, -0.25) is 25.4 Å². The average molecular weight is 525 g/mol. The highest BCUT2D eigenvalue weighted by Crippen LogP contribution is 2.35. The van der Waals surface area contributed by atoms with Crippen LogP contribution in [0.15, 0.2) is 66.9 Å². The quantitative estimate of drug-likeness (QED) is 0.283. The van der Waals surface area contributed by atoms with Gasteiger partial charge in [0.2, 0.25) is 5.91 Å².